The third-order valence-corrected chi connectivity index (χ3v) is 2.80. The molecule has 8 heteroatoms. The van der Waals surface area contributed by atoms with E-state index < -0.39 is 29.0 Å². The van der Waals surface area contributed by atoms with Crippen LogP contribution in [0.25, 0.3) is 0 Å². The van der Waals surface area contributed by atoms with E-state index in [2.05, 4.69) is 20.9 Å². The Bertz CT molecular complexity index is 694. The van der Waals surface area contributed by atoms with Gasteiger partial charge in [0.2, 0.25) is 0 Å². The average molecular weight is 346 g/mol. The Morgan fingerprint density at radius 3 is 2.65 bits per heavy atom. The number of carbonyl (C=O) groups excluding carboxylic acids is 1. The standard InChI is InChI=1S/C12H7BrF3N3O/c13-5-1-7(11(17)18-4-5)12(20)19-9-3-6(14)2-8(15)10(9)16/h1-4H,(H2,17,18)(H,19,20). The van der Waals surface area contributed by atoms with Crippen molar-refractivity contribution < 1.29 is 18.0 Å². The summed E-state index contributed by atoms with van der Waals surface area (Å²) in [6.07, 6.45) is 1.37. The molecule has 0 spiro atoms. The van der Waals surface area contributed by atoms with Gasteiger partial charge >= 0.3 is 0 Å². The summed E-state index contributed by atoms with van der Waals surface area (Å²) in [6.45, 7) is 0. The van der Waals surface area contributed by atoms with Gasteiger partial charge in [0, 0.05) is 22.8 Å². The molecule has 1 heterocycles. The second-order valence-electron chi connectivity index (χ2n) is 3.79. The van der Waals surface area contributed by atoms with Gasteiger partial charge < -0.3 is 11.1 Å². The lowest BCUT2D eigenvalue weighted by atomic mass is 10.2. The van der Waals surface area contributed by atoms with Crippen LogP contribution in [0.1, 0.15) is 10.4 Å². The molecule has 0 unspecified atom stereocenters. The molecule has 1 aromatic heterocycles. The Balaban J connectivity index is 2.35. The zero-order valence-electron chi connectivity index (χ0n) is 9.75. The monoisotopic (exact) mass is 345 g/mol. The highest BCUT2D eigenvalue weighted by molar-refractivity contribution is 9.10. The van der Waals surface area contributed by atoms with Crippen molar-refractivity contribution in [1.29, 1.82) is 0 Å². The summed E-state index contributed by atoms with van der Waals surface area (Å²) in [4.78, 5) is 15.6. The van der Waals surface area contributed by atoms with Gasteiger partial charge in [0.1, 0.15) is 11.6 Å². The van der Waals surface area contributed by atoms with Crippen molar-refractivity contribution in [3.8, 4) is 0 Å². The minimum Gasteiger partial charge on any atom is -0.383 e. The van der Waals surface area contributed by atoms with Crippen LogP contribution >= 0.6 is 15.9 Å². The van der Waals surface area contributed by atoms with Crippen LogP contribution in [-0.4, -0.2) is 10.9 Å². The number of aromatic nitrogens is 1. The fourth-order valence-corrected chi connectivity index (χ4v) is 1.80. The number of nitrogens with zero attached hydrogens (tertiary/aromatic N) is 1. The summed E-state index contributed by atoms with van der Waals surface area (Å²) in [5, 5.41) is 2.04. The van der Waals surface area contributed by atoms with Gasteiger partial charge in [0.15, 0.2) is 11.6 Å². The van der Waals surface area contributed by atoms with E-state index in [1.54, 1.807) is 0 Å². The van der Waals surface area contributed by atoms with Gasteiger partial charge in [-0.3, -0.25) is 4.79 Å². The van der Waals surface area contributed by atoms with Gasteiger partial charge in [-0.05, 0) is 22.0 Å². The molecule has 0 radical (unpaired) electrons. The molecule has 2 rings (SSSR count). The Morgan fingerprint density at radius 1 is 1.25 bits per heavy atom. The highest BCUT2D eigenvalue weighted by Crippen LogP contribution is 2.22. The van der Waals surface area contributed by atoms with Gasteiger partial charge in [-0.25, -0.2) is 18.2 Å². The number of benzene rings is 1. The summed E-state index contributed by atoms with van der Waals surface area (Å²) < 4.78 is 39.9. The van der Waals surface area contributed by atoms with Crippen molar-refractivity contribution in [2.45, 2.75) is 0 Å². The minimum atomic E-state index is -1.40. The van der Waals surface area contributed by atoms with Crippen molar-refractivity contribution in [2.24, 2.45) is 0 Å². The molecule has 0 bridgehead atoms. The van der Waals surface area contributed by atoms with Crippen molar-refractivity contribution in [3.63, 3.8) is 0 Å². The summed E-state index contributed by atoms with van der Waals surface area (Å²) >= 11 is 3.10. The van der Waals surface area contributed by atoms with E-state index in [-0.39, 0.29) is 11.4 Å². The molecule has 0 aliphatic carbocycles. The second-order valence-corrected chi connectivity index (χ2v) is 4.71. The number of halogens is 4. The second kappa shape index (κ2) is 5.49. The summed E-state index contributed by atoms with van der Waals surface area (Å²) in [5.41, 5.74) is 4.84. The number of hydrogen-bond donors (Lipinski definition) is 2. The lowest BCUT2D eigenvalue weighted by Crippen LogP contribution is -2.16. The van der Waals surface area contributed by atoms with Crippen LogP contribution < -0.4 is 11.1 Å². The van der Waals surface area contributed by atoms with E-state index >= 15 is 0 Å². The highest BCUT2D eigenvalue weighted by Gasteiger charge is 2.17. The van der Waals surface area contributed by atoms with E-state index in [9.17, 15) is 18.0 Å². The molecule has 0 saturated carbocycles. The van der Waals surface area contributed by atoms with Crippen LogP contribution in [0.4, 0.5) is 24.7 Å². The zero-order valence-corrected chi connectivity index (χ0v) is 11.3. The molecular weight excluding hydrogens is 339 g/mol. The first kappa shape index (κ1) is 14.3. The van der Waals surface area contributed by atoms with Gasteiger partial charge in [-0.2, -0.15) is 0 Å². The SMILES string of the molecule is Nc1ncc(Br)cc1C(=O)Nc1cc(F)cc(F)c1F. The molecule has 104 valence electrons. The maximum absolute atomic E-state index is 13.4. The molecular formula is C12H7BrF3N3O. The van der Waals surface area contributed by atoms with Crippen LogP contribution in [0.5, 0.6) is 0 Å². The number of rotatable bonds is 2. The number of nitrogens with two attached hydrogens (primary N) is 1. The van der Waals surface area contributed by atoms with Gasteiger partial charge in [0.05, 0.1) is 11.3 Å². The van der Waals surface area contributed by atoms with Crippen molar-refractivity contribution in [2.75, 3.05) is 11.1 Å². The van der Waals surface area contributed by atoms with Crippen molar-refractivity contribution in [1.82, 2.24) is 4.98 Å². The van der Waals surface area contributed by atoms with Crippen LogP contribution in [0.2, 0.25) is 0 Å². The molecule has 3 N–H and O–H groups in total. The molecule has 4 nitrogen and oxygen atoms in total. The molecule has 0 atom stereocenters. The van der Waals surface area contributed by atoms with Gasteiger partial charge in [0.25, 0.3) is 5.91 Å². The number of amides is 1. The molecule has 1 aromatic carbocycles. The van der Waals surface area contributed by atoms with Crippen LogP contribution in [-0.2, 0) is 0 Å². The number of hydrogen-bond acceptors (Lipinski definition) is 3. The van der Waals surface area contributed by atoms with Crippen LogP contribution in [0.15, 0.2) is 28.9 Å². The summed E-state index contributed by atoms with van der Waals surface area (Å²) in [6, 6.07) is 2.39. The van der Waals surface area contributed by atoms with E-state index in [1.165, 1.54) is 12.3 Å². The normalized spacial score (nSPS) is 10.4. The van der Waals surface area contributed by atoms with Crippen LogP contribution in [0.3, 0.4) is 0 Å². The van der Waals surface area contributed by atoms with Gasteiger partial charge in [-0.15, -0.1) is 0 Å². The Morgan fingerprint density at radius 2 is 1.95 bits per heavy atom. The topological polar surface area (TPSA) is 68.0 Å². The number of nitrogen functional groups attached to an aromatic ring is 1. The fourth-order valence-electron chi connectivity index (χ4n) is 1.47. The molecule has 0 saturated heterocycles. The number of anilines is 2. The Hall–Kier alpha value is -2.09. The molecule has 0 aliphatic heterocycles. The molecule has 0 fully saturated rings. The maximum atomic E-state index is 13.4. The molecule has 0 aliphatic rings. The zero-order chi connectivity index (χ0) is 14.9. The molecule has 1 amide bonds. The predicted octanol–water partition coefficient (Wildman–Crippen LogP) is 3.10. The highest BCUT2D eigenvalue weighted by atomic mass is 79.9. The lowest BCUT2D eigenvalue weighted by molar-refractivity contribution is 0.102. The quantitative estimate of drug-likeness (QED) is 0.822. The largest absolute Gasteiger partial charge is 0.383 e. The van der Waals surface area contributed by atoms with Crippen molar-refractivity contribution in [3.05, 3.63) is 51.9 Å². The first-order valence-corrected chi connectivity index (χ1v) is 6.04. The summed E-state index contributed by atoms with van der Waals surface area (Å²) in [7, 11) is 0. The maximum Gasteiger partial charge on any atom is 0.259 e. The number of pyridine rings is 1. The first-order chi connectivity index (χ1) is 9.38. The van der Waals surface area contributed by atoms with Crippen molar-refractivity contribution >= 4 is 33.3 Å². The predicted molar refractivity (Wildman–Crippen MR) is 70.6 cm³/mol. The minimum absolute atomic E-state index is 0.0524. The first-order valence-electron chi connectivity index (χ1n) is 5.25. The Kier molecular flexibility index (Phi) is 3.93. The lowest BCUT2D eigenvalue weighted by Gasteiger charge is -2.09. The van der Waals surface area contributed by atoms with E-state index in [0.29, 0.717) is 16.6 Å². The van der Waals surface area contributed by atoms with E-state index in [4.69, 9.17) is 5.73 Å². The Labute approximate surface area is 119 Å². The molecule has 2 aromatic rings. The van der Waals surface area contributed by atoms with Crippen LogP contribution in [0, 0.1) is 17.5 Å². The van der Waals surface area contributed by atoms with E-state index in [1.807, 2.05) is 5.32 Å². The fraction of sp³-hybridized carbons (Fsp3) is 0. The van der Waals surface area contributed by atoms with Gasteiger partial charge in [-0.1, -0.05) is 0 Å². The number of nitrogens with one attached hydrogen (secondary N) is 1. The summed E-state index contributed by atoms with van der Waals surface area (Å²) in [5.74, 6) is -4.70. The third-order valence-electron chi connectivity index (χ3n) is 2.37. The average Bonchev–Trinajstić information content (AvgIpc) is 2.38. The van der Waals surface area contributed by atoms with E-state index in [0.717, 1.165) is 0 Å². The smallest absolute Gasteiger partial charge is 0.259 e. The third kappa shape index (κ3) is 2.90. The number of carbonyl (C=O) groups is 1. The molecule has 20 heavy (non-hydrogen) atoms.